The minimum atomic E-state index is -4.89. The van der Waals surface area contributed by atoms with Crippen molar-refractivity contribution < 1.29 is 30.8 Å². The lowest BCUT2D eigenvalue weighted by molar-refractivity contribution is -0.143. The smallest absolute Gasteiger partial charge is 0.416 e. The maximum Gasteiger partial charge on any atom is 0.416 e. The third-order valence-electron chi connectivity index (χ3n) is 5.03. The molecule has 0 aliphatic heterocycles. The van der Waals surface area contributed by atoms with Gasteiger partial charge in [-0.2, -0.15) is 26.3 Å². The minimum absolute atomic E-state index is 0.0330. The lowest BCUT2D eigenvalue weighted by Gasteiger charge is -2.14. The van der Waals surface area contributed by atoms with Gasteiger partial charge in [-0.05, 0) is 30.2 Å². The van der Waals surface area contributed by atoms with Gasteiger partial charge in [-0.25, -0.2) is 4.98 Å². The van der Waals surface area contributed by atoms with Crippen LogP contribution in [0.15, 0.2) is 83.3 Å². The molecule has 0 aliphatic rings. The van der Waals surface area contributed by atoms with Crippen LogP contribution in [0.5, 0.6) is 0 Å². The summed E-state index contributed by atoms with van der Waals surface area (Å²) in [7, 11) is 0. The van der Waals surface area contributed by atoms with Gasteiger partial charge >= 0.3 is 12.4 Å². The first-order chi connectivity index (χ1) is 15.6. The van der Waals surface area contributed by atoms with Crippen molar-refractivity contribution >= 4 is 0 Å². The Morgan fingerprint density at radius 3 is 1.67 bits per heavy atom. The van der Waals surface area contributed by atoms with E-state index in [0.717, 1.165) is 23.3 Å². The third-order valence-corrected chi connectivity index (χ3v) is 5.03. The third kappa shape index (κ3) is 5.27. The largest absolute Gasteiger partial charge is 0.440 e. The first-order valence-corrected chi connectivity index (χ1v) is 10.00. The summed E-state index contributed by atoms with van der Waals surface area (Å²) >= 11 is 0. The second kappa shape index (κ2) is 8.77. The zero-order valence-electron chi connectivity index (χ0n) is 17.0. The van der Waals surface area contributed by atoms with E-state index in [-0.39, 0.29) is 30.4 Å². The van der Waals surface area contributed by atoms with Crippen LogP contribution in [0.2, 0.25) is 0 Å². The summed E-state index contributed by atoms with van der Waals surface area (Å²) in [5.41, 5.74) is -0.683. The fourth-order valence-corrected chi connectivity index (χ4v) is 3.46. The van der Waals surface area contributed by atoms with E-state index in [2.05, 4.69) is 4.98 Å². The van der Waals surface area contributed by atoms with E-state index in [0.29, 0.717) is 11.5 Å². The van der Waals surface area contributed by atoms with Crippen molar-refractivity contribution in [1.82, 2.24) is 4.98 Å². The fourth-order valence-electron chi connectivity index (χ4n) is 3.46. The topological polar surface area (TPSA) is 26.0 Å². The highest BCUT2D eigenvalue weighted by atomic mass is 19.4. The van der Waals surface area contributed by atoms with Crippen molar-refractivity contribution in [2.45, 2.75) is 25.2 Å². The van der Waals surface area contributed by atoms with Crippen molar-refractivity contribution in [2.75, 3.05) is 0 Å². The van der Waals surface area contributed by atoms with Crippen molar-refractivity contribution in [2.24, 2.45) is 0 Å². The molecule has 1 heterocycles. The van der Waals surface area contributed by atoms with Gasteiger partial charge < -0.3 is 4.42 Å². The number of hydrogen-bond acceptors (Lipinski definition) is 2. The van der Waals surface area contributed by atoms with Gasteiger partial charge in [-0.3, -0.25) is 0 Å². The first-order valence-electron chi connectivity index (χ1n) is 10.00. The number of benzene rings is 3. The highest BCUT2D eigenvalue weighted by molar-refractivity contribution is 5.76. The number of halogens is 6. The Bertz CT molecular complexity index is 1140. The van der Waals surface area contributed by atoms with Crippen molar-refractivity contribution in [1.29, 1.82) is 0 Å². The Morgan fingerprint density at radius 1 is 0.636 bits per heavy atom. The molecule has 4 rings (SSSR count). The molecule has 8 heteroatoms. The predicted molar refractivity (Wildman–Crippen MR) is 111 cm³/mol. The average Bonchev–Trinajstić information content (AvgIpc) is 3.22. The monoisotopic (exact) mass is 461 g/mol. The molecule has 1 aromatic heterocycles. The summed E-state index contributed by atoms with van der Waals surface area (Å²) in [4.78, 5) is 4.50. The Balaban J connectivity index is 1.68. The van der Waals surface area contributed by atoms with Crippen LogP contribution in [0.4, 0.5) is 26.3 Å². The predicted octanol–water partition coefficient (Wildman–Crippen LogP) is 7.83. The van der Waals surface area contributed by atoms with E-state index in [1.54, 1.807) is 0 Å². The van der Waals surface area contributed by atoms with E-state index in [4.69, 9.17) is 4.42 Å². The van der Waals surface area contributed by atoms with Gasteiger partial charge in [-0.15, -0.1) is 0 Å². The molecule has 0 radical (unpaired) electrons. The van der Waals surface area contributed by atoms with Crippen LogP contribution in [0, 0.1) is 0 Å². The summed E-state index contributed by atoms with van der Waals surface area (Å²) in [5.74, 6) is 0.704. The molecular formula is C25H17F6NO. The molecule has 2 nitrogen and oxygen atoms in total. The van der Waals surface area contributed by atoms with Gasteiger partial charge in [0.1, 0.15) is 5.69 Å². The van der Waals surface area contributed by atoms with E-state index in [1.165, 1.54) is 0 Å². The van der Waals surface area contributed by atoms with E-state index < -0.39 is 23.5 Å². The summed E-state index contributed by atoms with van der Waals surface area (Å²) in [6.45, 7) is 0. The van der Waals surface area contributed by atoms with Crippen molar-refractivity contribution in [3.8, 4) is 22.6 Å². The molecule has 0 saturated carbocycles. The number of aromatic nitrogens is 1. The van der Waals surface area contributed by atoms with E-state index >= 15 is 0 Å². The van der Waals surface area contributed by atoms with E-state index in [1.807, 2.05) is 60.7 Å². The molecule has 0 N–H and O–H groups in total. The zero-order chi connectivity index (χ0) is 23.6. The molecule has 0 fully saturated rings. The Labute approximate surface area is 185 Å². The number of rotatable bonds is 5. The average molecular weight is 461 g/mol. The standard InChI is InChI=1S/C25H17F6NO/c26-24(27,28)19-13-16(14-20(15-19)25(29,30)31)11-12-21-32-22(17-7-3-1-4-8-17)23(33-21)18-9-5-2-6-10-18/h1-10,13-15H,11-12H2. The highest BCUT2D eigenvalue weighted by Gasteiger charge is 2.36. The van der Waals surface area contributed by atoms with Gasteiger partial charge in [0.15, 0.2) is 11.7 Å². The van der Waals surface area contributed by atoms with Gasteiger partial charge in [0.25, 0.3) is 0 Å². The maximum absolute atomic E-state index is 13.1. The Kier molecular flexibility index (Phi) is 6.01. The molecule has 0 atom stereocenters. The van der Waals surface area contributed by atoms with Gasteiger partial charge in [-0.1, -0.05) is 60.7 Å². The van der Waals surface area contributed by atoms with Crippen molar-refractivity contribution in [3.63, 3.8) is 0 Å². The normalized spacial score (nSPS) is 12.2. The van der Waals surface area contributed by atoms with Gasteiger partial charge in [0, 0.05) is 17.5 Å². The molecule has 33 heavy (non-hydrogen) atoms. The number of aryl methyl sites for hydroxylation is 2. The van der Waals surface area contributed by atoms with Crippen LogP contribution >= 0.6 is 0 Å². The summed E-state index contributed by atoms with van der Waals surface area (Å²) in [6.07, 6.45) is -9.85. The summed E-state index contributed by atoms with van der Waals surface area (Å²) in [5, 5.41) is 0. The summed E-state index contributed by atoms with van der Waals surface area (Å²) in [6, 6.07) is 19.9. The van der Waals surface area contributed by atoms with Crippen LogP contribution in [0.3, 0.4) is 0 Å². The second-order valence-corrected chi connectivity index (χ2v) is 7.43. The molecule has 0 unspecified atom stereocenters. The number of oxazole rings is 1. The zero-order valence-corrected chi connectivity index (χ0v) is 17.0. The molecule has 170 valence electrons. The number of nitrogens with zero attached hydrogens (tertiary/aromatic N) is 1. The highest BCUT2D eigenvalue weighted by Crippen LogP contribution is 2.37. The van der Waals surface area contributed by atoms with Crippen LogP contribution in [0.1, 0.15) is 22.6 Å². The molecule has 0 spiro atoms. The van der Waals surface area contributed by atoms with Crippen molar-refractivity contribution in [3.05, 3.63) is 101 Å². The van der Waals surface area contributed by atoms with Crippen LogP contribution in [0.25, 0.3) is 22.6 Å². The quantitative estimate of drug-likeness (QED) is 0.283. The number of alkyl halides is 6. The maximum atomic E-state index is 13.1. The molecule has 0 aliphatic carbocycles. The first kappa shape index (κ1) is 22.6. The SMILES string of the molecule is FC(F)(F)c1cc(CCc2nc(-c3ccccc3)c(-c3ccccc3)o2)cc(C(F)(F)F)c1. The van der Waals surface area contributed by atoms with E-state index in [9.17, 15) is 26.3 Å². The molecule has 3 aromatic carbocycles. The Morgan fingerprint density at radius 2 is 1.15 bits per heavy atom. The second-order valence-electron chi connectivity index (χ2n) is 7.43. The van der Waals surface area contributed by atoms with Gasteiger partial charge in [0.05, 0.1) is 11.1 Å². The lowest BCUT2D eigenvalue weighted by atomic mass is 10.0. The molecule has 0 bridgehead atoms. The van der Waals surface area contributed by atoms with Crippen LogP contribution in [-0.2, 0) is 25.2 Å². The number of hydrogen-bond donors (Lipinski definition) is 0. The van der Waals surface area contributed by atoms with Crippen LogP contribution in [-0.4, -0.2) is 4.98 Å². The van der Waals surface area contributed by atoms with Gasteiger partial charge in [0.2, 0.25) is 0 Å². The molecule has 4 aromatic rings. The molecular weight excluding hydrogens is 444 g/mol. The van der Waals surface area contributed by atoms with Crippen LogP contribution < -0.4 is 0 Å². The molecule has 0 amide bonds. The fraction of sp³-hybridized carbons (Fsp3) is 0.160. The lowest BCUT2D eigenvalue weighted by Crippen LogP contribution is -2.12. The minimum Gasteiger partial charge on any atom is -0.440 e. The molecule has 0 saturated heterocycles. The Hall–Kier alpha value is -3.55. The summed E-state index contributed by atoms with van der Waals surface area (Å²) < 4.78 is 84.7.